The van der Waals surface area contributed by atoms with Gasteiger partial charge in [-0.25, -0.2) is 0 Å². The molecule has 7 heteroatoms. The van der Waals surface area contributed by atoms with E-state index < -0.39 is 22.9 Å². The van der Waals surface area contributed by atoms with Crippen LogP contribution in [0.15, 0.2) is 12.2 Å². The Labute approximate surface area is 143 Å². The molecule has 0 saturated carbocycles. The van der Waals surface area contributed by atoms with E-state index in [9.17, 15) is 14.4 Å². The Bertz CT molecular complexity index is 506. The summed E-state index contributed by atoms with van der Waals surface area (Å²) in [4.78, 5) is 36.6. The Balaban J connectivity index is 2.71. The Morgan fingerprint density at radius 3 is 1.75 bits per heavy atom. The standard InChI is InChI=1S/C17H28N2O5/c1-15(2,3)23-17(7,24-16(4,5)6)14(22)18-10-11-19-12(20)8-9-13(19)21/h8-9H,10-11H2,1-7H3,(H,18,22). The van der Waals surface area contributed by atoms with E-state index in [1.165, 1.54) is 12.2 Å². The predicted octanol–water partition coefficient (Wildman–Crippen LogP) is 1.37. The van der Waals surface area contributed by atoms with Gasteiger partial charge in [0.2, 0.25) is 5.79 Å². The van der Waals surface area contributed by atoms with Crippen LogP contribution in [0.1, 0.15) is 48.5 Å². The van der Waals surface area contributed by atoms with Crippen LogP contribution in [0.2, 0.25) is 0 Å². The fourth-order valence-electron chi connectivity index (χ4n) is 2.38. The molecule has 0 radical (unpaired) electrons. The van der Waals surface area contributed by atoms with Gasteiger partial charge in [-0.15, -0.1) is 0 Å². The molecule has 1 rings (SSSR count). The third-order valence-electron chi connectivity index (χ3n) is 2.94. The van der Waals surface area contributed by atoms with E-state index in [1.807, 2.05) is 41.5 Å². The Morgan fingerprint density at radius 1 is 0.958 bits per heavy atom. The van der Waals surface area contributed by atoms with Crippen LogP contribution in [0.3, 0.4) is 0 Å². The molecule has 3 amide bonds. The molecule has 1 aliphatic heterocycles. The summed E-state index contributed by atoms with van der Waals surface area (Å²) in [5.41, 5.74) is -1.19. The van der Waals surface area contributed by atoms with Crippen LogP contribution in [0, 0.1) is 0 Å². The number of hydrogen-bond acceptors (Lipinski definition) is 5. The van der Waals surface area contributed by atoms with Gasteiger partial charge in [-0.1, -0.05) is 0 Å². The van der Waals surface area contributed by atoms with Crippen molar-refractivity contribution in [1.82, 2.24) is 10.2 Å². The van der Waals surface area contributed by atoms with Crippen molar-refractivity contribution in [3.8, 4) is 0 Å². The fraction of sp³-hybridized carbons (Fsp3) is 0.706. The van der Waals surface area contributed by atoms with Crippen LogP contribution >= 0.6 is 0 Å². The van der Waals surface area contributed by atoms with Gasteiger partial charge < -0.3 is 14.8 Å². The Kier molecular flexibility index (Phi) is 5.95. The number of ether oxygens (including phenoxy) is 2. The number of carbonyl (C=O) groups excluding carboxylic acids is 3. The van der Waals surface area contributed by atoms with E-state index in [1.54, 1.807) is 6.92 Å². The minimum absolute atomic E-state index is 0.0948. The van der Waals surface area contributed by atoms with E-state index in [0.717, 1.165) is 4.90 Å². The maximum atomic E-state index is 12.6. The number of amides is 3. The van der Waals surface area contributed by atoms with Crippen LogP contribution in [0.5, 0.6) is 0 Å². The second-order valence-corrected chi connectivity index (χ2v) is 7.79. The topological polar surface area (TPSA) is 84.9 Å². The van der Waals surface area contributed by atoms with Crippen molar-refractivity contribution in [3.63, 3.8) is 0 Å². The summed E-state index contributed by atoms with van der Waals surface area (Å²) >= 11 is 0. The zero-order valence-electron chi connectivity index (χ0n) is 15.6. The number of hydrogen-bond donors (Lipinski definition) is 1. The summed E-state index contributed by atoms with van der Waals surface area (Å²) in [6.07, 6.45) is 2.42. The predicted molar refractivity (Wildman–Crippen MR) is 89.0 cm³/mol. The first-order chi connectivity index (χ1) is 10.7. The molecule has 0 aliphatic carbocycles. The van der Waals surface area contributed by atoms with E-state index in [2.05, 4.69) is 5.32 Å². The van der Waals surface area contributed by atoms with E-state index >= 15 is 0 Å². The van der Waals surface area contributed by atoms with Crippen molar-refractivity contribution in [3.05, 3.63) is 12.2 Å². The second-order valence-electron chi connectivity index (χ2n) is 7.79. The lowest BCUT2D eigenvalue weighted by molar-refractivity contribution is -0.286. The van der Waals surface area contributed by atoms with Gasteiger partial charge in [0.25, 0.3) is 17.7 Å². The monoisotopic (exact) mass is 340 g/mol. The molecule has 0 aromatic heterocycles. The van der Waals surface area contributed by atoms with Crippen LogP contribution in [0.4, 0.5) is 0 Å². The molecule has 0 saturated heterocycles. The molecule has 0 fully saturated rings. The molecule has 0 unspecified atom stereocenters. The highest BCUT2D eigenvalue weighted by Gasteiger charge is 2.42. The number of rotatable bonds is 6. The van der Waals surface area contributed by atoms with Crippen molar-refractivity contribution in [1.29, 1.82) is 0 Å². The van der Waals surface area contributed by atoms with E-state index in [0.29, 0.717) is 0 Å². The molecule has 1 heterocycles. The number of carbonyl (C=O) groups is 3. The SMILES string of the molecule is CC(C)(C)OC(C)(OC(C)(C)C)C(=O)NCCN1C(=O)C=CC1=O. The third kappa shape index (κ3) is 6.05. The molecule has 0 aromatic carbocycles. The molecule has 0 spiro atoms. The lowest BCUT2D eigenvalue weighted by Crippen LogP contribution is -2.55. The van der Waals surface area contributed by atoms with Gasteiger partial charge in [-0.3, -0.25) is 19.3 Å². The summed E-state index contributed by atoms with van der Waals surface area (Å²) in [5, 5.41) is 2.67. The van der Waals surface area contributed by atoms with Crippen molar-refractivity contribution >= 4 is 17.7 Å². The van der Waals surface area contributed by atoms with E-state index in [-0.39, 0.29) is 24.9 Å². The first-order valence-corrected chi connectivity index (χ1v) is 7.96. The van der Waals surface area contributed by atoms with Crippen molar-refractivity contribution < 1.29 is 23.9 Å². The second kappa shape index (κ2) is 7.03. The molecule has 0 bridgehead atoms. The number of nitrogens with zero attached hydrogens (tertiary/aromatic N) is 1. The summed E-state index contributed by atoms with van der Waals surface area (Å²) in [5.74, 6) is -2.71. The third-order valence-corrected chi connectivity index (χ3v) is 2.94. The molecule has 0 aromatic rings. The molecular formula is C17H28N2O5. The summed E-state index contributed by atoms with van der Waals surface area (Å²) < 4.78 is 11.7. The minimum Gasteiger partial charge on any atom is -0.350 e. The zero-order valence-corrected chi connectivity index (χ0v) is 15.6. The number of nitrogens with one attached hydrogen (secondary N) is 1. The molecule has 7 nitrogen and oxygen atoms in total. The van der Waals surface area contributed by atoms with Gasteiger partial charge >= 0.3 is 0 Å². The molecule has 0 atom stereocenters. The summed E-state index contributed by atoms with van der Waals surface area (Å²) in [6.45, 7) is 12.8. The smallest absolute Gasteiger partial charge is 0.280 e. The molecule has 1 aliphatic rings. The van der Waals surface area contributed by atoms with Gasteiger partial charge in [0.1, 0.15) is 0 Å². The molecule has 1 N–H and O–H groups in total. The lowest BCUT2D eigenvalue weighted by Gasteiger charge is -2.39. The van der Waals surface area contributed by atoms with Crippen LogP contribution in [-0.4, -0.2) is 52.7 Å². The maximum Gasteiger partial charge on any atom is 0.280 e. The normalized spacial score (nSPS) is 16.0. The highest BCUT2D eigenvalue weighted by atomic mass is 16.7. The zero-order chi connectivity index (χ0) is 18.8. The van der Waals surface area contributed by atoms with Crippen LogP contribution in [-0.2, 0) is 23.9 Å². The van der Waals surface area contributed by atoms with Crippen LogP contribution in [0.25, 0.3) is 0 Å². The Morgan fingerprint density at radius 2 is 1.38 bits per heavy atom. The van der Waals surface area contributed by atoms with Crippen molar-refractivity contribution in [2.24, 2.45) is 0 Å². The quantitative estimate of drug-likeness (QED) is 0.583. The van der Waals surface area contributed by atoms with Gasteiger partial charge in [0, 0.05) is 25.2 Å². The van der Waals surface area contributed by atoms with E-state index in [4.69, 9.17) is 9.47 Å². The molecule has 136 valence electrons. The minimum atomic E-state index is -1.49. The first kappa shape index (κ1) is 20.3. The summed E-state index contributed by atoms with van der Waals surface area (Å²) in [6, 6.07) is 0. The largest absolute Gasteiger partial charge is 0.350 e. The Hall–Kier alpha value is -1.73. The first-order valence-electron chi connectivity index (χ1n) is 7.96. The average Bonchev–Trinajstić information content (AvgIpc) is 2.65. The van der Waals surface area contributed by atoms with Crippen molar-refractivity contribution in [2.45, 2.75) is 65.5 Å². The van der Waals surface area contributed by atoms with Gasteiger partial charge in [0.15, 0.2) is 0 Å². The molecule has 24 heavy (non-hydrogen) atoms. The average molecular weight is 340 g/mol. The maximum absolute atomic E-state index is 12.6. The highest BCUT2D eigenvalue weighted by molar-refractivity contribution is 6.12. The fourth-order valence-corrected chi connectivity index (χ4v) is 2.38. The highest BCUT2D eigenvalue weighted by Crippen LogP contribution is 2.27. The summed E-state index contributed by atoms with van der Waals surface area (Å²) in [7, 11) is 0. The van der Waals surface area contributed by atoms with Crippen molar-refractivity contribution in [2.75, 3.05) is 13.1 Å². The van der Waals surface area contributed by atoms with Gasteiger partial charge in [-0.05, 0) is 48.5 Å². The van der Waals surface area contributed by atoms with Crippen LogP contribution < -0.4 is 5.32 Å². The lowest BCUT2D eigenvalue weighted by atomic mass is 10.1. The number of imide groups is 1. The van der Waals surface area contributed by atoms with Gasteiger partial charge in [0.05, 0.1) is 11.2 Å². The van der Waals surface area contributed by atoms with Gasteiger partial charge in [-0.2, -0.15) is 0 Å². The molecular weight excluding hydrogens is 312 g/mol.